The van der Waals surface area contributed by atoms with Crippen LogP contribution in [0.5, 0.6) is 0 Å². The summed E-state index contributed by atoms with van der Waals surface area (Å²) >= 11 is 1.40. The molecule has 1 aromatic rings. The van der Waals surface area contributed by atoms with Gasteiger partial charge in [-0.15, -0.1) is 11.3 Å². The molecule has 7 nitrogen and oxygen atoms in total. The average molecular weight is 361 g/mol. The zero-order valence-electron chi connectivity index (χ0n) is 13.8. The third-order valence-corrected chi connectivity index (χ3v) is 6.30. The molecule has 23 heavy (non-hydrogen) atoms. The smallest absolute Gasteiger partial charge is 0.263 e. The fourth-order valence-electron chi connectivity index (χ4n) is 2.28. The predicted octanol–water partition coefficient (Wildman–Crippen LogP) is 0.965. The maximum absolute atomic E-state index is 12.3. The molecule has 1 N–H and O–H groups in total. The van der Waals surface area contributed by atoms with Crippen LogP contribution >= 0.6 is 11.3 Å². The van der Waals surface area contributed by atoms with Crippen molar-refractivity contribution in [3.05, 3.63) is 15.6 Å². The third-order valence-electron chi connectivity index (χ3n) is 3.57. The number of nitrogens with zero attached hydrogens (tertiary/aromatic N) is 2. The SMILES string of the molecule is Cc1nc(C(C)C)sc1C(=O)NC[C@@H]1CN(S(C)(=O)=O)CCO1. The Labute approximate surface area is 141 Å². The van der Waals surface area contributed by atoms with E-state index in [1.54, 1.807) is 0 Å². The molecule has 1 aliphatic heterocycles. The summed E-state index contributed by atoms with van der Waals surface area (Å²) < 4.78 is 30.1. The Morgan fingerprint density at radius 3 is 2.78 bits per heavy atom. The molecule has 0 aliphatic carbocycles. The van der Waals surface area contributed by atoms with Crippen molar-refractivity contribution in [3.8, 4) is 0 Å². The van der Waals surface area contributed by atoms with E-state index in [-0.39, 0.29) is 31.0 Å². The molecule has 1 saturated heterocycles. The van der Waals surface area contributed by atoms with E-state index >= 15 is 0 Å². The van der Waals surface area contributed by atoms with Gasteiger partial charge in [-0.3, -0.25) is 4.79 Å². The van der Waals surface area contributed by atoms with Crippen LogP contribution in [0.1, 0.15) is 40.1 Å². The highest BCUT2D eigenvalue weighted by molar-refractivity contribution is 7.88. The molecular weight excluding hydrogens is 338 g/mol. The van der Waals surface area contributed by atoms with Gasteiger partial charge in [0.15, 0.2) is 0 Å². The summed E-state index contributed by atoms with van der Waals surface area (Å²) in [6.07, 6.45) is 0.849. The monoisotopic (exact) mass is 361 g/mol. The second-order valence-corrected chi connectivity index (χ2v) is 8.96. The van der Waals surface area contributed by atoms with E-state index in [1.165, 1.54) is 21.9 Å². The lowest BCUT2D eigenvalue weighted by Gasteiger charge is -2.31. The number of nitrogens with one attached hydrogen (secondary N) is 1. The molecule has 0 spiro atoms. The number of hydrogen-bond acceptors (Lipinski definition) is 6. The van der Waals surface area contributed by atoms with Gasteiger partial charge in [-0.25, -0.2) is 13.4 Å². The zero-order valence-corrected chi connectivity index (χ0v) is 15.5. The van der Waals surface area contributed by atoms with Crippen LogP contribution in [0.15, 0.2) is 0 Å². The number of thiazole rings is 1. The Kier molecular flexibility index (Phi) is 5.77. The van der Waals surface area contributed by atoms with Crippen LogP contribution in [-0.2, 0) is 14.8 Å². The number of sulfonamides is 1. The third kappa shape index (κ3) is 4.72. The Bertz CT molecular complexity index is 670. The van der Waals surface area contributed by atoms with Gasteiger partial charge < -0.3 is 10.1 Å². The minimum Gasteiger partial charge on any atom is -0.374 e. The summed E-state index contributed by atoms with van der Waals surface area (Å²) in [5.41, 5.74) is 0.721. The molecule has 1 fully saturated rings. The fourth-order valence-corrected chi connectivity index (χ4v) is 4.11. The van der Waals surface area contributed by atoms with Crippen molar-refractivity contribution in [1.82, 2.24) is 14.6 Å². The second-order valence-electron chi connectivity index (χ2n) is 5.95. The first-order valence-corrected chi connectivity index (χ1v) is 10.2. The van der Waals surface area contributed by atoms with Crippen LogP contribution in [-0.4, -0.2) is 62.2 Å². The number of morpholine rings is 1. The lowest BCUT2D eigenvalue weighted by atomic mass is 10.2. The Hall–Kier alpha value is -1.03. The fraction of sp³-hybridized carbons (Fsp3) is 0.714. The van der Waals surface area contributed by atoms with Crippen molar-refractivity contribution in [2.45, 2.75) is 32.8 Å². The van der Waals surface area contributed by atoms with E-state index in [0.717, 1.165) is 10.7 Å². The van der Waals surface area contributed by atoms with Crippen molar-refractivity contribution in [1.29, 1.82) is 0 Å². The Morgan fingerprint density at radius 1 is 1.52 bits per heavy atom. The predicted molar refractivity (Wildman–Crippen MR) is 89.4 cm³/mol. The van der Waals surface area contributed by atoms with Crippen molar-refractivity contribution >= 4 is 27.3 Å². The highest BCUT2D eigenvalue weighted by Crippen LogP contribution is 2.24. The van der Waals surface area contributed by atoms with E-state index in [9.17, 15) is 13.2 Å². The van der Waals surface area contributed by atoms with Crippen LogP contribution in [0.4, 0.5) is 0 Å². The summed E-state index contributed by atoms with van der Waals surface area (Å²) in [5.74, 6) is 0.0947. The number of rotatable bonds is 5. The lowest BCUT2D eigenvalue weighted by molar-refractivity contribution is 0.000455. The van der Waals surface area contributed by atoms with E-state index in [0.29, 0.717) is 18.0 Å². The van der Waals surface area contributed by atoms with Gasteiger partial charge in [0.05, 0.1) is 29.7 Å². The first-order chi connectivity index (χ1) is 10.7. The molecule has 1 atom stereocenters. The molecule has 9 heteroatoms. The zero-order chi connectivity index (χ0) is 17.2. The summed E-state index contributed by atoms with van der Waals surface area (Å²) in [5, 5.41) is 3.75. The molecule has 1 aromatic heterocycles. The first-order valence-electron chi connectivity index (χ1n) is 7.50. The van der Waals surface area contributed by atoms with Crippen molar-refractivity contribution in [3.63, 3.8) is 0 Å². The number of carbonyl (C=O) groups excluding carboxylic acids is 1. The summed E-state index contributed by atoms with van der Waals surface area (Å²) in [4.78, 5) is 17.3. The highest BCUT2D eigenvalue weighted by atomic mass is 32.2. The van der Waals surface area contributed by atoms with Gasteiger partial charge in [-0.1, -0.05) is 13.8 Å². The van der Waals surface area contributed by atoms with Gasteiger partial charge in [0, 0.05) is 25.6 Å². The molecule has 2 heterocycles. The minimum atomic E-state index is -3.23. The van der Waals surface area contributed by atoms with Gasteiger partial charge in [0.1, 0.15) is 4.88 Å². The normalized spacial score (nSPS) is 20.0. The van der Waals surface area contributed by atoms with Crippen LogP contribution in [0.2, 0.25) is 0 Å². The van der Waals surface area contributed by atoms with Crippen molar-refractivity contribution in [2.24, 2.45) is 0 Å². The number of hydrogen-bond donors (Lipinski definition) is 1. The van der Waals surface area contributed by atoms with E-state index in [2.05, 4.69) is 10.3 Å². The molecule has 130 valence electrons. The highest BCUT2D eigenvalue weighted by Gasteiger charge is 2.27. The number of ether oxygens (including phenoxy) is 1. The molecule has 0 aromatic carbocycles. The van der Waals surface area contributed by atoms with Crippen LogP contribution in [0.25, 0.3) is 0 Å². The van der Waals surface area contributed by atoms with Crippen molar-refractivity contribution in [2.75, 3.05) is 32.5 Å². The van der Waals surface area contributed by atoms with E-state index in [4.69, 9.17) is 4.74 Å². The van der Waals surface area contributed by atoms with Gasteiger partial charge in [-0.05, 0) is 6.92 Å². The standard InChI is InChI=1S/C14H23N3O4S2/c1-9(2)14-16-10(3)12(22-14)13(18)15-7-11-8-17(5-6-21-11)23(4,19)20/h9,11H,5-8H2,1-4H3,(H,15,18)/t11-/m1/s1. The Morgan fingerprint density at radius 2 is 2.22 bits per heavy atom. The van der Waals surface area contributed by atoms with Crippen LogP contribution < -0.4 is 5.32 Å². The van der Waals surface area contributed by atoms with Crippen molar-refractivity contribution < 1.29 is 17.9 Å². The summed E-state index contributed by atoms with van der Waals surface area (Å²) in [6, 6.07) is 0. The molecular formula is C14H23N3O4S2. The average Bonchev–Trinajstić information content (AvgIpc) is 2.86. The molecule has 2 rings (SSSR count). The maximum Gasteiger partial charge on any atom is 0.263 e. The van der Waals surface area contributed by atoms with Gasteiger partial charge in [-0.2, -0.15) is 4.31 Å². The number of aromatic nitrogens is 1. The molecule has 0 unspecified atom stereocenters. The number of aryl methyl sites for hydroxylation is 1. The van der Waals surface area contributed by atoms with Crippen LogP contribution in [0.3, 0.4) is 0 Å². The molecule has 0 bridgehead atoms. The second kappa shape index (κ2) is 7.25. The first kappa shape index (κ1) is 18.3. The quantitative estimate of drug-likeness (QED) is 0.844. The Balaban J connectivity index is 1.94. The summed E-state index contributed by atoms with van der Waals surface area (Å²) in [6.45, 7) is 7.13. The van der Waals surface area contributed by atoms with Gasteiger partial charge >= 0.3 is 0 Å². The largest absolute Gasteiger partial charge is 0.374 e. The molecule has 1 amide bonds. The van der Waals surface area contributed by atoms with E-state index < -0.39 is 10.0 Å². The topological polar surface area (TPSA) is 88.6 Å². The van der Waals surface area contributed by atoms with Crippen LogP contribution in [0, 0.1) is 6.92 Å². The molecule has 0 radical (unpaired) electrons. The number of amides is 1. The van der Waals surface area contributed by atoms with Gasteiger partial charge in [0.2, 0.25) is 10.0 Å². The minimum absolute atomic E-state index is 0.188. The molecule has 1 aliphatic rings. The van der Waals surface area contributed by atoms with Gasteiger partial charge in [0.25, 0.3) is 5.91 Å². The molecule has 0 saturated carbocycles. The maximum atomic E-state index is 12.3. The van der Waals surface area contributed by atoms with E-state index in [1.807, 2.05) is 20.8 Å². The number of carbonyl (C=O) groups is 1. The summed E-state index contributed by atoms with van der Waals surface area (Å²) in [7, 11) is -3.23. The lowest BCUT2D eigenvalue weighted by Crippen LogP contribution is -2.49.